The van der Waals surface area contributed by atoms with Gasteiger partial charge in [-0.25, -0.2) is 0 Å². The topological polar surface area (TPSA) is 82.2 Å². The number of carbonyl (C=O) groups excluding carboxylic acids is 1. The molecule has 1 amide bonds. The summed E-state index contributed by atoms with van der Waals surface area (Å²) in [5, 5.41) is 7.24. The first-order chi connectivity index (χ1) is 8.38. The number of aromatic nitrogens is 2. The van der Waals surface area contributed by atoms with Crippen molar-refractivity contribution in [2.45, 2.75) is 52.4 Å². The summed E-state index contributed by atoms with van der Waals surface area (Å²) in [4.78, 5) is 11.3. The highest BCUT2D eigenvalue weighted by atomic mass is 16.5. The molecule has 0 saturated carbocycles. The van der Waals surface area contributed by atoms with E-state index in [1.807, 2.05) is 27.7 Å². The first kappa shape index (κ1) is 14.5. The highest BCUT2D eigenvalue weighted by Gasteiger charge is 2.17. The molecule has 0 aliphatic carbocycles. The molecular weight excluding hydrogens is 232 g/mol. The van der Waals surface area contributed by atoms with Crippen molar-refractivity contribution in [3.8, 4) is 5.75 Å². The zero-order chi connectivity index (χ0) is 13.7. The molecular formula is C12H22N4O2. The van der Waals surface area contributed by atoms with Crippen molar-refractivity contribution >= 4 is 5.91 Å². The number of hydrogen-bond acceptors (Lipinski definition) is 4. The van der Waals surface area contributed by atoms with E-state index in [0.29, 0.717) is 12.3 Å². The Kier molecular flexibility index (Phi) is 5.15. The van der Waals surface area contributed by atoms with Crippen LogP contribution in [0.1, 0.15) is 27.7 Å². The second-order valence-corrected chi connectivity index (χ2v) is 4.84. The first-order valence-electron chi connectivity index (χ1n) is 6.13. The maximum Gasteiger partial charge on any atom is 0.236 e. The molecule has 0 aliphatic heterocycles. The van der Waals surface area contributed by atoms with E-state index in [1.165, 1.54) is 0 Å². The fourth-order valence-electron chi connectivity index (χ4n) is 1.59. The van der Waals surface area contributed by atoms with Crippen LogP contribution in [0.4, 0.5) is 0 Å². The average molecular weight is 254 g/mol. The minimum absolute atomic E-state index is 0.100. The van der Waals surface area contributed by atoms with Crippen LogP contribution in [0.2, 0.25) is 0 Å². The average Bonchev–Trinajstić information content (AvgIpc) is 2.62. The predicted octanol–water partition coefficient (Wildman–Crippen LogP) is 0.522. The highest BCUT2D eigenvalue weighted by molar-refractivity contribution is 5.79. The van der Waals surface area contributed by atoms with Crippen molar-refractivity contribution in [2.24, 2.45) is 5.73 Å². The van der Waals surface area contributed by atoms with Crippen molar-refractivity contribution < 1.29 is 9.53 Å². The number of rotatable bonds is 7. The number of carbonyl (C=O) groups is 1. The van der Waals surface area contributed by atoms with E-state index in [9.17, 15) is 4.79 Å². The van der Waals surface area contributed by atoms with Gasteiger partial charge in [0.05, 0.1) is 25.0 Å². The molecule has 1 aromatic rings. The fraction of sp³-hybridized carbons (Fsp3) is 0.667. The Bertz CT molecular complexity index is 387. The summed E-state index contributed by atoms with van der Waals surface area (Å²) in [6, 6.07) is -0.249. The predicted molar refractivity (Wildman–Crippen MR) is 69.2 cm³/mol. The largest absolute Gasteiger partial charge is 0.488 e. The monoisotopic (exact) mass is 254 g/mol. The molecule has 1 atom stereocenters. The summed E-state index contributed by atoms with van der Waals surface area (Å²) < 4.78 is 7.15. The number of nitrogens with zero attached hydrogens (tertiary/aromatic N) is 2. The third-order valence-corrected chi connectivity index (χ3v) is 2.23. The summed E-state index contributed by atoms with van der Waals surface area (Å²) in [6.45, 7) is 8.22. The van der Waals surface area contributed by atoms with Gasteiger partial charge in [-0.2, -0.15) is 5.10 Å². The molecule has 6 heteroatoms. The van der Waals surface area contributed by atoms with Crippen LogP contribution in [0.5, 0.6) is 5.75 Å². The molecule has 0 saturated heterocycles. The number of amides is 1. The van der Waals surface area contributed by atoms with E-state index in [0.717, 1.165) is 0 Å². The van der Waals surface area contributed by atoms with Crippen LogP contribution in [-0.2, 0) is 11.3 Å². The van der Waals surface area contributed by atoms with Gasteiger partial charge in [-0.15, -0.1) is 0 Å². The Morgan fingerprint density at radius 2 is 2.17 bits per heavy atom. The second-order valence-electron chi connectivity index (χ2n) is 4.84. The van der Waals surface area contributed by atoms with Gasteiger partial charge in [0.25, 0.3) is 0 Å². The van der Waals surface area contributed by atoms with Crippen LogP contribution in [0.3, 0.4) is 0 Å². The van der Waals surface area contributed by atoms with Crippen molar-refractivity contribution in [2.75, 3.05) is 0 Å². The Morgan fingerprint density at radius 1 is 1.50 bits per heavy atom. The zero-order valence-corrected chi connectivity index (χ0v) is 11.4. The normalized spacial score (nSPS) is 13.0. The number of nitrogens with two attached hydrogens (primary N) is 1. The maximum atomic E-state index is 11.3. The van der Waals surface area contributed by atoms with Gasteiger partial charge in [-0.3, -0.25) is 9.48 Å². The van der Waals surface area contributed by atoms with E-state index in [4.69, 9.17) is 10.5 Å². The molecule has 0 aromatic carbocycles. The van der Waals surface area contributed by atoms with Crippen LogP contribution in [-0.4, -0.2) is 33.9 Å². The Morgan fingerprint density at radius 3 is 2.67 bits per heavy atom. The molecule has 0 fully saturated rings. The van der Waals surface area contributed by atoms with Gasteiger partial charge in [0.2, 0.25) is 5.91 Å². The third kappa shape index (κ3) is 4.75. The van der Waals surface area contributed by atoms with E-state index in [1.54, 1.807) is 17.1 Å². The molecule has 0 aliphatic rings. The Labute approximate surface area is 107 Å². The van der Waals surface area contributed by atoms with E-state index in [2.05, 4.69) is 10.4 Å². The van der Waals surface area contributed by atoms with Gasteiger partial charge in [-0.1, -0.05) is 13.8 Å². The molecule has 102 valence electrons. The molecule has 1 unspecified atom stereocenters. The summed E-state index contributed by atoms with van der Waals surface area (Å²) >= 11 is 0. The molecule has 3 N–H and O–H groups in total. The number of primary amides is 1. The molecule has 6 nitrogen and oxygen atoms in total. The second kappa shape index (κ2) is 6.39. The zero-order valence-electron chi connectivity index (χ0n) is 11.4. The molecule has 0 bridgehead atoms. The van der Waals surface area contributed by atoms with Crippen LogP contribution < -0.4 is 15.8 Å². The van der Waals surface area contributed by atoms with Crippen LogP contribution >= 0.6 is 0 Å². The minimum Gasteiger partial charge on any atom is -0.488 e. The van der Waals surface area contributed by atoms with Crippen LogP contribution in [0.15, 0.2) is 12.4 Å². The van der Waals surface area contributed by atoms with Crippen LogP contribution in [0, 0.1) is 0 Å². The molecule has 1 aromatic heterocycles. The smallest absolute Gasteiger partial charge is 0.236 e. The van der Waals surface area contributed by atoms with E-state index in [-0.39, 0.29) is 18.1 Å². The lowest BCUT2D eigenvalue weighted by atomic mass is 10.2. The lowest BCUT2D eigenvalue weighted by Gasteiger charge is -2.17. The van der Waals surface area contributed by atoms with Gasteiger partial charge in [0.1, 0.15) is 6.04 Å². The molecule has 1 rings (SSSR count). The molecule has 0 spiro atoms. The lowest BCUT2D eigenvalue weighted by molar-refractivity contribution is -0.120. The Balaban J connectivity index is 2.63. The minimum atomic E-state index is -0.434. The summed E-state index contributed by atoms with van der Waals surface area (Å²) in [5.41, 5.74) is 5.35. The number of nitrogens with one attached hydrogen (secondary N) is 1. The van der Waals surface area contributed by atoms with Crippen molar-refractivity contribution in [3.63, 3.8) is 0 Å². The third-order valence-electron chi connectivity index (χ3n) is 2.23. The van der Waals surface area contributed by atoms with Crippen molar-refractivity contribution in [1.29, 1.82) is 0 Å². The highest BCUT2D eigenvalue weighted by Crippen LogP contribution is 2.10. The standard InChI is InChI=1S/C12H22N4O2/c1-8(2)15-11(12(13)17)7-16-6-10(5-14-16)18-9(3)4/h5-6,8-9,11,15H,7H2,1-4H3,(H2,13,17). The fourth-order valence-corrected chi connectivity index (χ4v) is 1.59. The molecule has 0 radical (unpaired) electrons. The Hall–Kier alpha value is -1.56. The molecule has 18 heavy (non-hydrogen) atoms. The SMILES string of the molecule is CC(C)NC(Cn1cc(OC(C)C)cn1)C(N)=O. The summed E-state index contributed by atoms with van der Waals surface area (Å²) in [7, 11) is 0. The summed E-state index contributed by atoms with van der Waals surface area (Å²) in [5.74, 6) is 0.309. The quantitative estimate of drug-likeness (QED) is 0.743. The lowest BCUT2D eigenvalue weighted by Crippen LogP contribution is -2.47. The maximum absolute atomic E-state index is 11.3. The van der Waals surface area contributed by atoms with Gasteiger partial charge in [-0.05, 0) is 13.8 Å². The number of ether oxygens (including phenoxy) is 1. The van der Waals surface area contributed by atoms with Crippen molar-refractivity contribution in [1.82, 2.24) is 15.1 Å². The first-order valence-corrected chi connectivity index (χ1v) is 6.13. The van der Waals surface area contributed by atoms with Crippen molar-refractivity contribution in [3.05, 3.63) is 12.4 Å². The molecule has 1 heterocycles. The van der Waals surface area contributed by atoms with E-state index >= 15 is 0 Å². The number of hydrogen-bond donors (Lipinski definition) is 2. The van der Waals surface area contributed by atoms with E-state index < -0.39 is 6.04 Å². The van der Waals surface area contributed by atoms with Crippen LogP contribution in [0.25, 0.3) is 0 Å². The van der Waals surface area contributed by atoms with Gasteiger partial charge in [0, 0.05) is 6.04 Å². The van der Waals surface area contributed by atoms with Gasteiger partial charge >= 0.3 is 0 Å². The van der Waals surface area contributed by atoms with Gasteiger partial charge in [0.15, 0.2) is 5.75 Å². The summed E-state index contributed by atoms with van der Waals surface area (Å²) in [6.07, 6.45) is 3.49. The van der Waals surface area contributed by atoms with Gasteiger partial charge < -0.3 is 15.8 Å².